The Kier molecular flexibility index (Phi) is 3.38. The molecule has 108 valence electrons. The van der Waals surface area contributed by atoms with Gasteiger partial charge in [-0.2, -0.15) is 0 Å². The third-order valence-corrected chi connectivity index (χ3v) is 4.05. The van der Waals surface area contributed by atoms with E-state index in [4.69, 9.17) is 5.73 Å². The lowest BCUT2D eigenvalue weighted by atomic mass is 9.85. The van der Waals surface area contributed by atoms with Crippen molar-refractivity contribution in [3.05, 3.63) is 30.1 Å². The van der Waals surface area contributed by atoms with Crippen LogP contribution in [0.2, 0.25) is 0 Å². The SMILES string of the molecule is Cc1cc2c(NC(C)(C)C(C)(C)O)ccc(N)c2cn1. The van der Waals surface area contributed by atoms with Crippen molar-refractivity contribution in [1.82, 2.24) is 4.98 Å². The molecule has 4 N–H and O–H groups in total. The van der Waals surface area contributed by atoms with Crippen LogP contribution in [0.4, 0.5) is 11.4 Å². The first kappa shape index (κ1) is 14.6. The van der Waals surface area contributed by atoms with Crippen LogP contribution in [0.5, 0.6) is 0 Å². The number of hydrogen-bond donors (Lipinski definition) is 3. The molecule has 4 heteroatoms. The van der Waals surface area contributed by atoms with Crippen LogP contribution in [0.1, 0.15) is 33.4 Å². The molecule has 0 saturated carbocycles. The summed E-state index contributed by atoms with van der Waals surface area (Å²) in [7, 11) is 0. The highest BCUT2D eigenvalue weighted by atomic mass is 16.3. The Morgan fingerprint density at radius 3 is 2.40 bits per heavy atom. The van der Waals surface area contributed by atoms with Gasteiger partial charge in [0.05, 0.1) is 11.1 Å². The molecule has 0 aliphatic carbocycles. The average Bonchev–Trinajstić information content (AvgIpc) is 2.31. The third-order valence-electron chi connectivity index (χ3n) is 4.05. The third kappa shape index (κ3) is 2.56. The van der Waals surface area contributed by atoms with Gasteiger partial charge >= 0.3 is 0 Å². The first-order chi connectivity index (χ1) is 9.12. The number of hydrogen-bond acceptors (Lipinski definition) is 4. The Bertz CT molecular complexity index is 642. The topological polar surface area (TPSA) is 71.2 Å². The molecule has 0 saturated heterocycles. The second-order valence-electron chi connectivity index (χ2n) is 6.38. The van der Waals surface area contributed by atoms with Crippen molar-refractivity contribution in [3.8, 4) is 0 Å². The number of anilines is 2. The lowest BCUT2D eigenvalue weighted by Gasteiger charge is -2.39. The molecule has 2 aromatic rings. The highest BCUT2D eigenvalue weighted by molar-refractivity contribution is 6.01. The molecule has 20 heavy (non-hydrogen) atoms. The minimum absolute atomic E-state index is 0.479. The van der Waals surface area contributed by atoms with Crippen molar-refractivity contribution < 1.29 is 5.11 Å². The maximum Gasteiger partial charge on any atom is 0.0814 e. The number of aliphatic hydroxyl groups is 1. The van der Waals surface area contributed by atoms with Gasteiger partial charge in [0.1, 0.15) is 0 Å². The van der Waals surface area contributed by atoms with E-state index in [1.807, 2.05) is 39.0 Å². The fourth-order valence-corrected chi connectivity index (χ4v) is 1.96. The molecular weight excluding hydrogens is 250 g/mol. The zero-order chi connectivity index (χ0) is 15.1. The van der Waals surface area contributed by atoms with E-state index in [0.29, 0.717) is 5.69 Å². The van der Waals surface area contributed by atoms with E-state index in [2.05, 4.69) is 10.3 Å². The van der Waals surface area contributed by atoms with Crippen LogP contribution in [-0.2, 0) is 0 Å². The maximum atomic E-state index is 10.3. The van der Waals surface area contributed by atoms with Crippen molar-refractivity contribution in [3.63, 3.8) is 0 Å². The normalized spacial score (nSPS) is 12.7. The van der Waals surface area contributed by atoms with Crippen LogP contribution in [0.25, 0.3) is 10.8 Å². The van der Waals surface area contributed by atoms with Crippen molar-refractivity contribution in [1.29, 1.82) is 0 Å². The number of aromatic nitrogens is 1. The van der Waals surface area contributed by atoms with Crippen molar-refractivity contribution in [2.75, 3.05) is 11.1 Å². The summed E-state index contributed by atoms with van der Waals surface area (Å²) in [5, 5.41) is 15.7. The van der Waals surface area contributed by atoms with Gasteiger partial charge in [-0.1, -0.05) is 0 Å². The first-order valence-electron chi connectivity index (χ1n) is 6.77. The van der Waals surface area contributed by atoms with Crippen molar-refractivity contribution in [2.24, 2.45) is 0 Å². The summed E-state index contributed by atoms with van der Waals surface area (Å²) in [5.41, 5.74) is 7.27. The summed E-state index contributed by atoms with van der Waals surface area (Å²) < 4.78 is 0. The van der Waals surface area contributed by atoms with Crippen LogP contribution in [-0.4, -0.2) is 21.2 Å². The van der Waals surface area contributed by atoms with Gasteiger partial charge < -0.3 is 16.2 Å². The molecule has 1 aromatic carbocycles. The molecule has 0 bridgehead atoms. The Morgan fingerprint density at radius 2 is 1.80 bits per heavy atom. The van der Waals surface area contributed by atoms with Gasteiger partial charge in [-0.3, -0.25) is 4.98 Å². The van der Waals surface area contributed by atoms with Gasteiger partial charge in [0.2, 0.25) is 0 Å². The van der Waals surface area contributed by atoms with E-state index in [-0.39, 0.29) is 0 Å². The quantitative estimate of drug-likeness (QED) is 0.752. The number of aryl methyl sites for hydroxylation is 1. The second-order valence-corrected chi connectivity index (χ2v) is 6.38. The number of nitrogens with zero attached hydrogens (tertiary/aromatic N) is 1. The highest BCUT2D eigenvalue weighted by Crippen LogP contribution is 2.33. The van der Waals surface area contributed by atoms with E-state index < -0.39 is 11.1 Å². The molecular formula is C16H23N3O. The van der Waals surface area contributed by atoms with Gasteiger partial charge in [0.15, 0.2) is 0 Å². The first-order valence-corrected chi connectivity index (χ1v) is 6.77. The molecule has 0 atom stereocenters. The molecule has 0 aliphatic rings. The van der Waals surface area contributed by atoms with E-state index >= 15 is 0 Å². The van der Waals surface area contributed by atoms with Crippen LogP contribution in [0, 0.1) is 6.92 Å². The van der Waals surface area contributed by atoms with Crippen molar-refractivity contribution >= 4 is 22.1 Å². The van der Waals surface area contributed by atoms with Crippen molar-refractivity contribution in [2.45, 2.75) is 45.8 Å². The summed E-state index contributed by atoms with van der Waals surface area (Å²) in [6, 6.07) is 5.82. The summed E-state index contributed by atoms with van der Waals surface area (Å²) in [4.78, 5) is 4.30. The van der Waals surface area contributed by atoms with Crippen LogP contribution in [0.15, 0.2) is 24.4 Å². The monoisotopic (exact) mass is 273 g/mol. The number of nitrogens with two attached hydrogens (primary N) is 1. The number of nitrogens with one attached hydrogen (secondary N) is 1. The predicted octanol–water partition coefficient (Wildman–Crippen LogP) is 3.09. The molecule has 0 amide bonds. The minimum Gasteiger partial charge on any atom is -0.398 e. The molecule has 1 aromatic heterocycles. The smallest absolute Gasteiger partial charge is 0.0814 e. The predicted molar refractivity (Wildman–Crippen MR) is 84.9 cm³/mol. The maximum absolute atomic E-state index is 10.3. The summed E-state index contributed by atoms with van der Waals surface area (Å²) >= 11 is 0. The highest BCUT2D eigenvalue weighted by Gasteiger charge is 2.35. The Morgan fingerprint density at radius 1 is 1.15 bits per heavy atom. The van der Waals surface area contributed by atoms with Gasteiger partial charge in [0, 0.05) is 34.0 Å². The van der Waals surface area contributed by atoms with Gasteiger partial charge in [0.25, 0.3) is 0 Å². The van der Waals surface area contributed by atoms with E-state index in [1.165, 1.54) is 0 Å². The zero-order valence-electron chi connectivity index (χ0n) is 12.8. The number of rotatable bonds is 3. The van der Waals surface area contributed by atoms with Crippen LogP contribution < -0.4 is 11.1 Å². The molecule has 0 spiro atoms. The summed E-state index contributed by atoms with van der Waals surface area (Å²) in [5.74, 6) is 0. The molecule has 4 nitrogen and oxygen atoms in total. The largest absolute Gasteiger partial charge is 0.398 e. The summed E-state index contributed by atoms with van der Waals surface area (Å²) in [6.45, 7) is 9.50. The summed E-state index contributed by atoms with van der Waals surface area (Å²) in [6.07, 6.45) is 1.79. The molecule has 1 heterocycles. The van der Waals surface area contributed by atoms with Gasteiger partial charge in [-0.25, -0.2) is 0 Å². The van der Waals surface area contributed by atoms with Crippen LogP contribution in [0.3, 0.4) is 0 Å². The number of benzene rings is 1. The lowest BCUT2D eigenvalue weighted by molar-refractivity contribution is 0.0241. The van der Waals surface area contributed by atoms with E-state index in [9.17, 15) is 5.11 Å². The number of nitrogen functional groups attached to an aromatic ring is 1. The van der Waals surface area contributed by atoms with Gasteiger partial charge in [-0.05, 0) is 52.8 Å². The molecule has 0 fully saturated rings. The standard InChI is InChI=1S/C16H23N3O/c1-10-8-11-12(9-18-10)13(17)6-7-14(11)19-15(2,3)16(4,5)20/h6-9,19-20H,17H2,1-5H3. The molecule has 0 radical (unpaired) electrons. The Labute approximate surface area is 120 Å². The van der Waals surface area contributed by atoms with E-state index in [1.54, 1.807) is 20.0 Å². The number of fused-ring (bicyclic) bond motifs is 1. The van der Waals surface area contributed by atoms with Crippen LogP contribution >= 0.6 is 0 Å². The molecule has 2 rings (SSSR count). The Hall–Kier alpha value is -1.81. The minimum atomic E-state index is -0.858. The fourth-order valence-electron chi connectivity index (χ4n) is 1.96. The fraction of sp³-hybridized carbons (Fsp3) is 0.438. The Balaban J connectivity index is 2.56. The lowest BCUT2D eigenvalue weighted by Crippen LogP contribution is -2.51. The second kappa shape index (κ2) is 4.63. The average molecular weight is 273 g/mol. The zero-order valence-corrected chi connectivity index (χ0v) is 12.8. The molecule has 0 unspecified atom stereocenters. The molecule has 0 aliphatic heterocycles. The van der Waals surface area contributed by atoms with Gasteiger partial charge in [-0.15, -0.1) is 0 Å². The number of pyridine rings is 1. The van der Waals surface area contributed by atoms with E-state index in [0.717, 1.165) is 22.2 Å².